The van der Waals surface area contributed by atoms with E-state index in [0.29, 0.717) is 6.54 Å². The number of hydrogen-bond donors (Lipinski definition) is 1. The second kappa shape index (κ2) is 3.87. The van der Waals surface area contributed by atoms with E-state index in [9.17, 15) is 0 Å². The Balaban J connectivity index is 2.70. The fourth-order valence-corrected chi connectivity index (χ4v) is 1.70. The Hall–Kier alpha value is -1.61. The molecule has 0 saturated heterocycles. The third-order valence-electron chi connectivity index (χ3n) is 2.50. The van der Waals surface area contributed by atoms with Crippen molar-refractivity contribution in [1.82, 2.24) is 4.98 Å². The predicted molar refractivity (Wildman–Crippen MR) is 64.0 cm³/mol. The molecule has 0 fully saturated rings. The molecule has 2 rings (SSSR count). The van der Waals surface area contributed by atoms with Crippen molar-refractivity contribution in [1.29, 1.82) is 0 Å². The van der Waals surface area contributed by atoms with Crippen molar-refractivity contribution < 1.29 is 0 Å². The molecule has 0 saturated carbocycles. The van der Waals surface area contributed by atoms with Crippen LogP contribution in [0.5, 0.6) is 0 Å². The van der Waals surface area contributed by atoms with Gasteiger partial charge in [0.05, 0.1) is 5.52 Å². The Morgan fingerprint density at radius 2 is 2.07 bits per heavy atom. The Morgan fingerprint density at radius 1 is 1.27 bits per heavy atom. The van der Waals surface area contributed by atoms with Gasteiger partial charge in [0.25, 0.3) is 0 Å². The van der Waals surface area contributed by atoms with Gasteiger partial charge in [0, 0.05) is 37.9 Å². The summed E-state index contributed by atoms with van der Waals surface area (Å²) in [4.78, 5) is 6.42. The number of nitrogens with zero attached hydrogens (tertiary/aromatic N) is 2. The standard InChI is InChI=1S/C12H15N3/c1-15(2)12-5-6-14-11-4-3-9(8-13)7-10(11)12/h3-7H,8,13H2,1-2H3. The summed E-state index contributed by atoms with van der Waals surface area (Å²) in [5, 5.41) is 1.16. The molecule has 3 heteroatoms. The van der Waals surface area contributed by atoms with Crippen LogP contribution in [0.15, 0.2) is 30.5 Å². The number of fused-ring (bicyclic) bond motifs is 1. The predicted octanol–water partition coefficient (Wildman–Crippen LogP) is 1.76. The molecule has 0 amide bonds. The molecule has 0 atom stereocenters. The highest BCUT2D eigenvalue weighted by molar-refractivity contribution is 5.91. The van der Waals surface area contributed by atoms with Gasteiger partial charge in [-0.05, 0) is 23.8 Å². The molecule has 2 N–H and O–H groups in total. The molecule has 0 aliphatic rings. The molecule has 15 heavy (non-hydrogen) atoms. The van der Waals surface area contributed by atoms with E-state index in [1.165, 1.54) is 5.69 Å². The SMILES string of the molecule is CN(C)c1ccnc2ccc(CN)cc12. The van der Waals surface area contributed by atoms with Crippen molar-refractivity contribution in [3.8, 4) is 0 Å². The van der Waals surface area contributed by atoms with E-state index in [-0.39, 0.29) is 0 Å². The topological polar surface area (TPSA) is 42.2 Å². The highest BCUT2D eigenvalue weighted by Gasteiger charge is 2.03. The van der Waals surface area contributed by atoms with Gasteiger partial charge in [0.15, 0.2) is 0 Å². The van der Waals surface area contributed by atoms with Crippen LogP contribution in [0.1, 0.15) is 5.56 Å². The summed E-state index contributed by atoms with van der Waals surface area (Å²) in [7, 11) is 4.06. The largest absolute Gasteiger partial charge is 0.377 e. The van der Waals surface area contributed by atoms with Gasteiger partial charge in [-0.3, -0.25) is 4.98 Å². The minimum absolute atomic E-state index is 0.567. The molecule has 0 aliphatic carbocycles. The molecule has 0 radical (unpaired) electrons. The van der Waals surface area contributed by atoms with Gasteiger partial charge in [-0.25, -0.2) is 0 Å². The smallest absolute Gasteiger partial charge is 0.0723 e. The van der Waals surface area contributed by atoms with Gasteiger partial charge in [-0.2, -0.15) is 0 Å². The van der Waals surface area contributed by atoms with Crippen LogP contribution in [0.3, 0.4) is 0 Å². The van der Waals surface area contributed by atoms with Crippen molar-refractivity contribution in [3.05, 3.63) is 36.0 Å². The van der Waals surface area contributed by atoms with Crippen LogP contribution in [0.2, 0.25) is 0 Å². The first kappa shape index (κ1) is 9.93. The number of nitrogens with two attached hydrogens (primary N) is 1. The maximum atomic E-state index is 5.63. The van der Waals surface area contributed by atoms with Crippen LogP contribution in [0.25, 0.3) is 10.9 Å². The highest BCUT2D eigenvalue weighted by Crippen LogP contribution is 2.24. The Morgan fingerprint density at radius 3 is 2.73 bits per heavy atom. The second-order valence-corrected chi connectivity index (χ2v) is 3.78. The third kappa shape index (κ3) is 1.78. The molecule has 3 nitrogen and oxygen atoms in total. The average molecular weight is 201 g/mol. The normalized spacial score (nSPS) is 10.6. The van der Waals surface area contributed by atoms with E-state index in [2.05, 4.69) is 16.0 Å². The number of anilines is 1. The van der Waals surface area contributed by atoms with Crippen LogP contribution >= 0.6 is 0 Å². The third-order valence-corrected chi connectivity index (χ3v) is 2.50. The molecule has 2 aromatic rings. The lowest BCUT2D eigenvalue weighted by molar-refractivity contribution is 1.07. The van der Waals surface area contributed by atoms with Crippen LogP contribution in [0, 0.1) is 0 Å². The molecule has 0 spiro atoms. The van der Waals surface area contributed by atoms with Gasteiger partial charge in [-0.1, -0.05) is 6.07 Å². The number of pyridine rings is 1. The molecule has 0 bridgehead atoms. The summed E-state index contributed by atoms with van der Waals surface area (Å²) in [5.41, 5.74) is 8.96. The van der Waals surface area contributed by atoms with Crippen LogP contribution in [-0.2, 0) is 6.54 Å². The number of benzene rings is 1. The zero-order valence-corrected chi connectivity index (χ0v) is 9.07. The summed E-state index contributed by atoms with van der Waals surface area (Å²) in [5.74, 6) is 0. The van der Waals surface area contributed by atoms with Gasteiger partial charge < -0.3 is 10.6 Å². The lowest BCUT2D eigenvalue weighted by atomic mass is 10.1. The molecule has 78 valence electrons. The summed E-state index contributed by atoms with van der Waals surface area (Å²) in [6.07, 6.45) is 1.83. The van der Waals surface area contributed by atoms with Crippen LogP contribution in [0.4, 0.5) is 5.69 Å². The van der Waals surface area contributed by atoms with Gasteiger partial charge in [0.2, 0.25) is 0 Å². The fraction of sp³-hybridized carbons (Fsp3) is 0.250. The first-order valence-corrected chi connectivity index (χ1v) is 4.97. The van der Waals surface area contributed by atoms with Gasteiger partial charge in [0.1, 0.15) is 0 Å². The minimum Gasteiger partial charge on any atom is -0.377 e. The number of rotatable bonds is 2. The van der Waals surface area contributed by atoms with Crippen molar-refractivity contribution in [2.45, 2.75) is 6.54 Å². The first-order chi connectivity index (χ1) is 7.22. The summed E-state index contributed by atoms with van der Waals surface area (Å²) in [6.45, 7) is 0.567. The molecular weight excluding hydrogens is 186 g/mol. The fourth-order valence-electron chi connectivity index (χ4n) is 1.70. The lowest BCUT2D eigenvalue weighted by Gasteiger charge is -2.15. The van der Waals surface area contributed by atoms with Gasteiger partial charge in [-0.15, -0.1) is 0 Å². The van der Waals surface area contributed by atoms with E-state index >= 15 is 0 Å². The van der Waals surface area contributed by atoms with E-state index in [0.717, 1.165) is 16.5 Å². The van der Waals surface area contributed by atoms with Crippen LogP contribution in [-0.4, -0.2) is 19.1 Å². The van der Waals surface area contributed by atoms with E-state index in [1.807, 2.05) is 38.5 Å². The van der Waals surface area contributed by atoms with Gasteiger partial charge >= 0.3 is 0 Å². The average Bonchev–Trinajstić information content (AvgIpc) is 2.27. The molecule has 1 heterocycles. The summed E-state index contributed by atoms with van der Waals surface area (Å²) in [6, 6.07) is 8.17. The van der Waals surface area contributed by atoms with Crippen LogP contribution < -0.4 is 10.6 Å². The molecule has 0 unspecified atom stereocenters. The maximum absolute atomic E-state index is 5.63. The zero-order valence-electron chi connectivity index (χ0n) is 9.07. The molecule has 1 aromatic heterocycles. The Bertz CT molecular complexity index is 477. The first-order valence-electron chi connectivity index (χ1n) is 4.97. The van der Waals surface area contributed by atoms with E-state index in [1.54, 1.807) is 0 Å². The summed E-state index contributed by atoms with van der Waals surface area (Å²) >= 11 is 0. The van der Waals surface area contributed by atoms with E-state index in [4.69, 9.17) is 5.73 Å². The molecular formula is C12H15N3. The number of hydrogen-bond acceptors (Lipinski definition) is 3. The number of aromatic nitrogens is 1. The monoisotopic (exact) mass is 201 g/mol. The van der Waals surface area contributed by atoms with E-state index < -0.39 is 0 Å². The highest BCUT2D eigenvalue weighted by atomic mass is 15.1. The maximum Gasteiger partial charge on any atom is 0.0723 e. The Kier molecular flexibility index (Phi) is 2.56. The van der Waals surface area contributed by atoms with Crippen molar-refractivity contribution in [2.75, 3.05) is 19.0 Å². The Labute approximate surface area is 89.5 Å². The quantitative estimate of drug-likeness (QED) is 0.805. The lowest BCUT2D eigenvalue weighted by Crippen LogP contribution is -2.09. The van der Waals surface area contributed by atoms with Crippen molar-refractivity contribution in [3.63, 3.8) is 0 Å². The molecule has 0 aliphatic heterocycles. The minimum atomic E-state index is 0.567. The zero-order chi connectivity index (χ0) is 10.8. The molecule has 1 aromatic carbocycles. The van der Waals surface area contributed by atoms with Crippen molar-refractivity contribution in [2.24, 2.45) is 5.73 Å². The summed E-state index contributed by atoms with van der Waals surface area (Å²) < 4.78 is 0. The second-order valence-electron chi connectivity index (χ2n) is 3.78. The van der Waals surface area contributed by atoms with Crippen molar-refractivity contribution >= 4 is 16.6 Å².